The molecule has 1 aliphatic carbocycles. The van der Waals surface area contributed by atoms with Gasteiger partial charge in [0.2, 0.25) is 0 Å². The highest BCUT2D eigenvalue weighted by atomic mass is 35.5. The maximum atomic E-state index is 12.5. The number of likely N-dealkylation sites (tertiary alicyclic amines) is 1. The zero-order chi connectivity index (χ0) is 19.2. The van der Waals surface area contributed by atoms with E-state index < -0.39 is 0 Å². The van der Waals surface area contributed by atoms with Crippen molar-refractivity contribution in [3.8, 4) is 0 Å². The van der Waals surface area contributed by atoms with E-state index in [1.54, 1.807) is 24.1 Å². The molecule has 0 unspecified atom stereocenters. The zero-order valence-corrected chi connectivity index (χ0v) is 16.0. The third-order valence-electron chi connectivity index (χ3n) is 4.56. The first kappa shape index (κ1) is 19.2. The molecule has 1 fully saturated rings. The highest BCUT2D eigenvalue weighted by Gasteiger charge is 2.25. The highest BCUT2D eigenvalue weighted by Crippen LogP contribution is 2.27. The van der Waals surface area contributed by atoms with E-state index in [4.69, 9.17) is 16.3 Å². The van der Waals surface area contributed by atoms with E-state index in [1.165, 1.54) is 6.20 Å². The number of nitrogens with one attached hydrogen (secondary N) is 2. The molecule has 0 saturated carbocycles. The number of hydrogen-bond donors (Lipinski definition) is 2. The lowest BCUT2D eigenvalue weighted by Gasteiger charge is -2.32. The molecule has 8 heteroatoms. The van der Waals surface area contributed by atoms with Crippen molar-refractivity contribution in [3.05, 3.63) is 46.8 Å². The maximum absolute atomic E-state index is 12.5. The quantitative estimate of drug-likeness (QED) is 0.826. The molecule has 1 aromatic heterocycles. The van der Waals surface area contributed by atoms with Gasteiger partial charge in [0.25, 0.3) is 5.91 Å². The summed E-state index contributed by atoms with van der Waals surface area (Å²) in [6.45, 7) is 1.17. The first-order chi connectivity index (χ1) is 13.1. The van der Waals surface area contributed by atoms with Crippen LogP contribution in [0.3, 0.4) is 0 Å². The molecule has 3 rings (SSSR count). The van der Waals surface area contributed by atoms with Gasteiger partial charge in [0.15, 0.2) is 0 Å². The first-order valence-electron chi connectivity index (χ1n) is 9.03. The van der Waals surface area contributed by atoms with Crippen molar-refractivity contribution in [1.29, 1.82) is 0 Å². The number of rotatable bonds is 4. The van der Waals surface area contributed by atoms with Crippen LogP contribution in [0.1, 0.15) is 36.0 Å². The summed E-state index contributed by atoms with van der Waals surface area (Å²) in [5, 5.41) is 5.96. The number of hydrogen-bond acceptors (Lipinski definition) is 4. The van der Waals surface area contributed by atoms with Crippen molar-refractivity contribution < 1.29 is 14.3 Å². The summed E-state index contributed by atoms with van der Waals surface area (Å²) in [6, 6.07) is 2.91. The lowest BCUT2D eigenvalue weighted by atomic mass is 10.1. The van der Waals surface area contributed by atoms with Crippen molar-refractivity contribution in [1.82, 2.24) is 15.2 Å². The molecule has 0 atom stereocenters. The zero-order valence-electron chi connectivity index (χ0n) is 15.2. The van der Waals surface area contributed by atoms with E-state index in [0.717, 1.165) is 31.4 Å². The number of urea groups is 1. The largest absolute Gasteiger partial charge is 0.489 e. The van der Waals surface area contributed by atoms with Gasteiger partial charge in [-0.05, 0) is 31.1 Å². The number of carbonyl (C=O) groups is 2. The predicted molar refractivity (Wildman–Crippen MR) is 104 cm³/mol. The second kappa shape index (κ2) is 8.90. The van der Waals surface area contributed by atoms with Crippen LogP contribution in [0.15, 0.2) is 41.3 Å². The number of halogens is 1. The Kier molecular flexibility index (Phi) is 6.34. The van der Waals surface area contributed by atoms with Crippen LogP contribution in [-0.4, -0.2) is 48.1 Å². The van der Waals surface area contributed by atoms with Gasteiger partial charge in [0.1, 0.15) is 17.7 Å². The number of allylic oxidation sites excluding steroid dienone is 3. The van der Waals surface area contributed by atoms with Gasteiger partial charge >= 0.3 is 6.03 Å². The molecule has 2 N–H and O–H groups in total. The molecule has 1 saturated heterocycles. The molecule has 2 aliphatic rings. The maximum Gasteiger partial charge on any atom is 0.323 e. The lowest BCUT2D eigenvalue weighted by Crippen LogP contribution is -2.43. The number of amides is 3. The molecule has 7 nitrogen and oxygen atoms in total. The molecule has 144 valence electrons. The monoisotopic (exact) mass is 390 g/mol. The Morgan fingerprint density at radius 3 is 2.70 bits per heavy atom. The van der Waals surface area contributed by atoms with E-state index >= 15 is 0 Å². The third-order valence-corrected chi connectivity index (χ3v) is 4.90. The molecule has 0 radical (unpaired) electrons. The molecule has 1 aromatic rings. The van der Waals surface area contributed by atoms with E-state index in [9.17, 15) is 9.59 Å². The Bertz CT molecular complexity index is 770. The molecular weight excluding hydrogens is 368 g/mol. The average molecular weight is 391 g/mol. The molecule has 0 aromatic carbocycles. The van der Waals surface area contributed by atoms with Crippen LogP contribution in [0.4, 0.5) is 10.6 Å². The molecule has 2 heterocycles. The number of ether oxygens (including phenoxy) is 1. The van der Waals surface area contributed by atoms with Crippen molar-refractivity contribution in [3.63, 3.8) is 0 Å². The minimum atomic E-state index is -0.232. The van der Waals surface area contributed by atoms with Crippen LogP contribution in [-0.2, 0) is 4.74 Å². The van der Waals surface area contributed by atoms with Gasteiger partial charge in [-0.1, -0.05) is 17.7 Å². The molecule has 0 spiro atoms. The Balaban J connectivity index is 1.51. The van der Waals surface area contributed by atoms with Gasteiger partial charge in [0.05, 0.1) is 5.03 Å². The first-order valence-corrected chi connectivity index (χ1v) is 9.41. The molecule has 0 bridgehead atoms. The number of nitrogens with zero attached hydrogens (tertiary/aromatic N) is 2. The molecule has 1 aliphatic heterocycles. The summed E-state index contributed by atoms with van der Waals surface area (Å²) in [5.41, 5.74) is 0.445. The number of piperidine rings is 1. The average Bonchev–Trinajstić information content (AvgIpc) is 2.70. The number of anilines is 1. The summed E-state index contributed by atoms with van der Waals surface area (Å²) in [7, 11) is 1.56. The van der Waals surface area contributed by atoms with Crippen LogP contribution in [0.2, 0.25) is 0 Å². The van der Waals surface area contributed by atoms with E-state index in [-0.39, 0.29) is 18.0 Å². The minimum Gasteiger partial charge on any atom is -0.489 e. The Labute approximate surface area is 163 Å². The van der Waals surface area contributed by atoms with Crippen LogP contribution in [0.25, 0.3) is 0 Å². The smallest absolute Gasteiger partial charge is 0.323 e. The summed E-state index contributed by atoms with van der Waals surface area (Å²) >= 11 is 6.17. The number of aromatic nitrogens is 1. The standard InChI is InChI=1S/C19H23ClN4O3/c1-21-18(25)13-6-9-22-17(12-13)23-19(26)24-10-7-14(8-11-24)27-16-5-3-2-4-15(16)20/h4-6,9,12,14H,2-3,7-8,10-11H2,1H3,(H,21,25)(H,22,23,26). The Morgan fingerprint density at radius 2 is 2.00 bits per heavy atom. The van der Waals surface area contributed by atoms with E-state index in [1.807, 2.05) is 12.2 Å². The van der Waals surface area contributed by atoms with Crippen LogP contribution in [0, 0.1) is 0 Å². The summed E-state index contributed by atoms with van der Waals surface area (Å²) in [4.78, 5) is 30.0. The third kappa shape index (κ3) is 5.01. The summed E-state index contributed by atoms with van der Waals surface area (Å²) in [6.07, 6.45) is 8.90. The molecule has 27 heavy (non-hydrogen) atoms. The van der Waals surface area contributed by atoms with Gasteiger partial charge in [-0.25, -0.2) is 9.78 Å². The van der Waals surface area contributed by atoms with Crippen molar-refractivity contribution >= 4 is 29.4 Å². The van der Waals surface area contributed by atoms with Gasteiger partial charge in [0, 0.05) is 44.7 Å². The normalized spacial score (nSPS) is 17.6. The summed E-state index contributed by atoms with van der Waals surface area (Å²) < 4.78 is 5.99. The second-order valence-corrected chi connectivity index (χ2v) is 6.85. The SMILES string of the molecule is CNC(=O)c1ccnc(NC(=O)N2CCC(OC3=CCCC=C3Cl)CC2)c1. The fourth-order valence-corrected chi connectivity index (χ4v) is 3.29. The van der Waals surface area contributed by atoms with Crippen molar-refractivity contribution in [2.75, 3.05) is 25.5 Å². The van der Waals surface area contributed by atoms with E-state index in [0.29, 0.717) is 29.5 Å². The number of carbonyl (C=O) groups excluding carboxylic acids is 2. The van der Waals surface area contributed by atoms with Gasteiger partial charge in [-0.3, -0.25) is 10.1 Å². The van der Waals surface area contributed by atoms with Crippen LogP contribution < -0.4 is 10.6 Å². The van der Waals surface area contributed by atoms with Gasteiger partial charge < -0.3 is 15.0 Å². The minimum absolute atomic E-state index is 0.0512. The van der Waals surface area contributed by atoms with Crippen molar-refractivity contribution in [2.24, 2.45) is 0 Å². The van der Waals surface area contributed by atoms with Crippen molar-refractivity contribution in [2.45, 2.75) is 31.8 Å². The van der Waals surface area contributed by atoms with Crippen LogP contribution >= 0.6 is 11.6 Å². The Morgan fingerprint density at radius 1 is 1.26 bits per heavy atom. The molecular formula is C19H23ClN4O3. The van der Waals surface area contributed by atoms with Crippen LogP contribution in [0.5, 0.6) is 0 Å². The van der Waals surface area contributed by atoms with Gasteiger partial charge in [-0.15, -0.1) is 0 Å². The van der Waals surface area contributed by atoms with Gasteiger partial charge in [-0.2, -0.15) is 0 Å². The van der Waals surface area contributed by atoms with E-state index in [2.05, 4.69) is 15.6 Å². The summed E-state index contributed by atoms with van der Waals surface area (Å²) in [5.74, 6) is 0.875. The number of pyridine rings is 1. The fraction of sp³-hybridized carbons (Fsp3) is 0.421. The lowest BCUT2D eigenvalue weighted by molar-refractivity contribution is 0.0661. The second-order valence-electron chi connectivity index (χ2n) is 6.44. The molecule has 3 amide bonds. The highest BCUT2D eigenvalue weighted by molar-refractivity contribution is 6.31. The Hall–Kier alpha value is -2.54. The topological polar surface area (TPSA) is 83.6 Å². The predicted octanol–water partition coefficient (Wildman–Crippen LogP) is 3.25. The fourth-order valence-electron chi connectivity index (χ4n) is 3.06.